The zero-order chi connectivity index (χ0) is 30.4. The summed E-state index contributed by atoms with van der Waals surface area (Å²) in [6.45, 7) is 6.15. The fraction of sp³-hybridized carbons (Fsp3) is 0.132. The van der Waals surface area contributed by atoms with Crippen LogP contribution in [0.2, 0.25) is 0 Å². The molecule has 0 radical (unpaired) electrons. The number of para-hydroxylation sites is 1. The largest absolute Gasteiger partial charge is 0.322 e. The summed E-state index contributed by atoms with van der Waals surface area (Å²) in [5.74, 6) is 0.0874. The van der Waals surface area contributed by atoms with Gasteiger partial charge in [0, 0.05) is 5.69 Å². The van der Waals surface area contributed by atoms with Crippen molar-refractivity contribution in [3.8, 4) is 0 Å². The van der Waals surface area contributed by atoms with Crippen molar-refractivity contribution in [2.75, 3.05) is 5.32 Å². The summed E-state index contributed by atoms with van der Waals surface area (Å²) in [4.78, 5) is 33.7. The maximum atomic E-state index is 14.4. The number of hydrogen-bond donors (Lipinski definition) is 1. The van der Waals surface area contributed by atoms with Gasteiger partial charge in [-0.05, 0) is 75.4 Å². The Morgan fingerprint density at radius 3 is 2.11 bits per heavy atom. The van der Waals surface area contributed by atoms with Gasteiger partial charge in [-0.25, -0.2) is 4.99 Å². The van der Waals surface area contributed by atoms with Crippen molar-refractivity contribution >= 4 is 50.6 Å². The Bertz CT molecular complexity index is 2220. The highest BCUT2D eigenvalue weighted by Gasteiger charge is 2.32. The van der Waals surface area contributed by atoms with Crippen LogP contribution in [-0.2, 0) is 4.79 Å². The summed E-state index contributed by atoms with van der Waals surface area (Å²) in [6, 6.07) is 35.7. The maximum Gasteiger partial charge on any atom is 0.271 e. The van der Waals surface area contributed by atoms with Crippen molar-refractivity contribution in [1.82, 2.24) is 4.57 Å². The van der Waals surface area contributed by atoms with Gasteiger partial charge in [-0.15, -0.1) is 0 Å². The van der Waals surface area contributed by atoms with E-state index in [-0.39, 0.29) is 11.5 Å². The summed E-state index contributed by atoms with van der Waals surface area (Å²) >= 11 is 1.36. The van der Waals surface area contributed by atoms with Crippen LogP contribution in [0.1, 0.15) is 49.4 Å². The number of nitrogens with zero attached hydrogens (tertiary/aromatic N) is 2. The zero-order valence-corrected chi connectivity index (χ0v) is 25.6. The maximum absolute atomic E-state index is 14.4. The van der Waals surface area contributed by atoms with E-state index in [1.165, 1.54) is 16.9 Å². The number of thiazole rings is 1. The molecule has 7 rings (SSSR count). The molecular formula is C38H31N3O2S. The molecule has 6 heteroatoms. The summed E-state index contributed by atoms with van der Waals surface area (Å²) in [5, 5.41) is 7.42. The molecule has 2 heterocycles. The van der Waals surface area contributed by atoms with Crippen molar-refractivity contribution in [3.63, 3.8) is 0 Å². The Labute approximate surface area is 259 Å². The van der Waals surface area contributed by atoms with Crippen molar-refractivity contribution in [1.29, 1.82) is 0 Å². The molecule has 6 aromatic rings. The van der Waals surface area contributed by atoms with Gasteiger partial charge in [0.1, 0.15) is 0 Å². The Hall–Kier alpha value is -5.07. The monoisotopic (exact) mass is 593 g/mol. The van der Waals surface area contributed by atoms with Gasteiger partial charge < -0.3 is 5.32 Å². The first-order chi connectivity index (χ1) is 21.4. The molecule has 0 bridgehead atoms. The third-order valence-electron chi connectivity index (χ3n) is 8.31. The Morgan fingerprint density at radius 2 is 1.48 bits per heavy atom. The molecule has 0 aliphatic carbocycles. The second-order valence-corrected chi connectivity index (χ2v) is 12.5. The van der Waals surface area contributed by atoms with Gasteiger partial charge in [-0.2, -0.15) is 0 Å². The highest BCUT2D eigenvalue weighted by Crippen LogP contribution is 2.32. The van der Waals surface area contributed by atoms with E-state index in [4.69, 9.17) is 4.99 Å². The molecule has 1 aliphatic heterocycles. The number of fused-ring (bicyclic) bond motifs is 3. The van der Waals surface area contributed by atoms with E-state index in [1.54, 1.807) is 4.57 Å². The summed E-state index contributed by atoms with van der Waals surface area (Å²) < 4.78 is 2.27. The lowest BCUT2D eigenvalue weighted by Crippen LogP contribution is -2.40. The Kier molecular flexibility index (Phi) is 7.07. The van der Waals surface area contributed by atoms with Crippen LogP contribution in [0.3, 0.4) is 0 Å². The number of amides is 1. The predicted octanol–water partition coefficient (Wildman–Crippen LogP) is 7.30. The number of nitrogens with one attached hydrogen (secondary N) is 1. The number of anilines is 1. The first-order valence-corrected chi connectivity index (χ1v) is 15.6. The summed E-state index contributed by atoms with van der Waals surface area (Å²) in [6.07, 6.45) is 2.00. The zero-order valence-electron chi connectivity index (χ0n) is 24.7. The van der Waals surface area contributed by atoms with Gasteiger partial charge in [-0.3, -0.25) is 14.2 Å². The number of aromatic nitrogens is 1. The minimum Gasteiger partial charge on any atom is -0.322 e. The van der Waals surface area contributed by atoms with E-state index >= 15 is 0 Å². The van der Waals surface area contributed by atoms with E-state index in [0.29, 0.717) is 32.2 Å². The van der Waals surface area contributed by atoms with Crippen LogP contribution in [0.25, 0.3) is 27.6 Å². The average molecular weight is 594 g/mol. The lowest BCUT2D eigenvalue weighted by Gasteiger charge is -2.25. The van der Waals surface area contributed by atoms with Gasteiger partial charge in [0.05, 0.1) is 21.8 Å². The number of carbonyl (C=O) groups is 1. The second-order valence-electron chi connectivity index (χ2n) is 11.5. The van der Waals surface area contributed by atoms with Crippen LogP contribution in [0.15, 0.2) is 130 Å². The number of benzene rings is 5. The van der Waals surface area contributed by atoms with E-state index in [2.05, 4.69) is 61.6 Å². The molecule has 1 amide bonds. The average Bonchev–Trinajstić information content (AvgIpc) is 3.34. The predicted molar refractivity (Wildman–Crippen MR) is 181 cm³/mol. The Morgan fingerprint density at radius 1 is 0.864 bits per heavy atom. The molecule has 1 atom stereocenters. The first-order valence-electron chi connectivity index (χ1n) is 14.8. The fourth-order valence-electron chi connectivity index (χ4n) is 6.05. The molecular weight excluding hydrogens is 563 g/mol. The normalized spacial score (nSPS) is 15.1. The molecule has 44 heavy (non-hydrogen) atoms. The van der Waals surface area contributed by atoms with E-state index in [9.17, 15) is 9.59 Å². The fourth-order valence-corrected chi connectivity index (χ4v) is 7.07. The van der Waals surface area contributed by atoms with E-state index in [0.717, 1.165) is 32.7 Å². The summed E-state index contributed by atoms with van der Waals surface area (Å²) in [7, 11) is 0. The van der Waals surface area contributed by atoms with Crippen molar-refractivity contribution in [2.24, 2.45) is 4.99 Å². The number of carbonyl (C=O) groups excluding carboxylic acids is 1. The van der Waals surface area contributed by atoms with Crippen LogP contribution in [-0.4, -0.2) is 10.5 Å². The van der Waals surface area contributed by atoms with Crippen LogP contribution in [0, 0.1) is 0 Å². The lowest BCUT2D eigenvalue weighted by atomic mass is 9.93. The second kappa shape index (κ2) is 11.2. The molecule has 0 fully saturated rings. The highest BCUT2D eigenvalue weighted by molar-refractivity contribution is 7.07. The molecule has 216 valence electrons. The summed E-state index contributed by atoms with van der Waals surface area (Å²) in [5.41, 5.74) is 4.64. The van der Waals surface area contributed by atoms with Gasteiger partial charge in [0.25, 0.3) is 11.5 Å². The molecule has 0 saturated heterocycles. The Balaban J connectivity index is 1.44. The molecule has 1 unspecified atom stereocenters. The number of allylic oxidation sites excluding steroid dienone is 1. The number of rotatable bonds is 5. The van der Waals surface area contributed by atoms with Gasteiger partial charge in [0.2, 0.25) is 0 Å². The smallest absolute Gasteiger partial charge is 0.271 e. The van der Waals surface area contributed by atoms with Gasteiger partial charge >= 0.3 is 0 Å². The van der Waals surface area contributed by atoms with Crippen molar-refractivity contribution < 1.29 is 4.79 Å². The van der Waals surface area contributed by atoms with Gasteiger partial charge in [-0.1, -0.05) is 116 Å². The molecule has 1 N–H and O–H groups in total. The van der Waals surface area contributed by atoms with E-state index in [1.807, 2.05) is 79.7 Å². The van der Waals surface area contributed by atoms with Crippen molar-refractivity contribution in [2.45, 2.75) is 32.7 Å². The van der Waals surface area contributed by atoms with Crippen LogP contribution >= 0.6 is 11.3 Å². The molecule has 1 aliphatic rings. The molecule has 5 aromatic carbocycles. The third kappa shape index (κ3) is 4.87. The quantitative estimate of drug-likeness (QED) is 0.213. The van der Waals surface area contributed by atoms with Crippen molar-refractivity contribution in [3.05, 3.63) is 157 Å². The topological polar surface area (TPSA) is 63.5 Å². The standard InChI is InChI=1S/C38H31N3O2S/c1-23(2)25-17-19-26(20-18-25)35-34(36(42)40-29-13-5-4-6-14-29)24(3)39-38-41(35)37(43)33(44-38)22-32-30-15-9-7-11-27(30)21-28-12-8-10-16-31(28)32/h4-23,35H,1-3H3,(H,40,42). The molecule has 5 nitrogen and oxygen atoms in total. The molecule has 0 saturated carbocycles. The first kappa shape index (κ1) is 27.7. The molecule has 0 spiro atoms. The third-order valence-corrected chi connectivity index (χ3v) is 9.29. The van der Waals surface area contributed by atoms with Crippen LogP contribution in [0.4, 0.5) is 5.69 Å². The minimum absolute atomic E-state index is 0.166. The molecule has 1 aromatic heterocycles. The van der Waals surface area contributed by atoms with Crippen LogP contribution in [0.5, 0.6) is 0 Å². The van der Waals surface area contributed by atoms with Crippen LogP contribution < -0.4 is 20.2 Å². The van der Waals surface area contributed by atoms with Gasteiger partial charge in [0.15, 0.2) is 4.80 Å². The minimum atomic E-state index is -0.623. The van der Waals surface area contributed by atoms with E-state index < -0.39 is 6.04 Å². The SMILES string of the molecule is CC1=C(C(=O)Nc2ccccc2)C(c2ccc(C(C)C)cc2)n2c(sc(=Cc3c4ccccc4cc4ccccc34)c2=O)=N1. The lowest BCUT2D eigenvalue weighted by molar-refractivity contribution is -0.113. The number of hydrogen-bond acceptors (Lipinski definition) is 4. The highest BCUT2D eigenvalue weighted by atomic mass is 32.1.